The fourth-order valence-electron chi connectivity index (χ4n) is 2.96. The third-order valence-electron chi connectivity index (χ3n) is 4.32. The summed E-state index contributed by atoms with van der Waals surface area (Å²) < 4.78 is 5.32. The number of rotatable bonds is 7. The van der Waals surface area contributed by atoms with Crippen molar-refractivity contribution < 1.29 is 14.0 Å². The van der Waals surface area contributed by atoms with Crippen LogP contribution in [0.4, 0.5) is 0 Å². The second-order valence-corrected chi connectivity index (χ2v) is 7.57. The zero-order valence-corrected chi connectivity index (χ0v) is 18.9. The number of amides is 1. The van der Waals surface area contributed by atoms with E-state index in [1.54, 1.807) is 6.26 Å². The summed E-state index contributed by atoms with van der Waals surface area (Å²) >= 11 is 3.42. The SMILES string of the molecule is CI.CSc1nnc(C(=O)[C@H](CC(C)C)NC(=O)C2(N)CCCCC2)o1. The van der Waals surface area contributed by atoms with Crippen LogP contribution < -0.4 is 11.1 Å². The highest BCUT2D eigenvalue weighted by Gasteiger charge is 2.38. The van der Waals surface area contributed by atoms with Gasteiger partial charge in [0, 0.05) is 0 Å². The number of aromatic nitrogens is 2. The molecule has 148 valence electrons. The van der Waals surface area contributed by atoms with Gasteiger partial charge in [-0.2, -0.15) is 0 Å². The Bertz CT molecular complexity index is 588. The van der Waals surface area contributed by atoms with Gasteiger partial charge < -0.3 is 15.5 Å². The van der Waals surface area contributed by atoms with Crippen LogP contribution in [0.1, 0.15) is 63.1 Å². The molecule has 2 rings (SSSR count). The highest BCUT2D eigenvalue weighted by molar-refractivity contribution is 14.1. The van der Waals surface area contributed by atoms with Crippen molar-refractivity contribution in [1.82, 2.24) is 15.5 Å². The van der Waals surface area contributed by atoms with Gasteiger partial charge in [-0.15, -0.1) is 10.2 Å². The molecule has 26 heavy (non-hydrogen) atoms. The van der Waals surface area contributed by atoms with Crippen molar-refractivity contribution in [2.75, 3.05) is 11.2 Å². The Hall–Kier alpha value is -0.680. The number of halogens is 1. The molecule has 1 saturated carbocycles. The van der Waals surface area contributed by atoms with E-state index in [9.17, 15) is 9.59 Å². The first-order valence-corrected chi connectivity index (χ1v) is 12.1. The average Bonchev–Trinajstić information content (AvgIpc) is 3.11. The fourth-order valence-corrected chi connectivity index (χ4v) is 3.24. The lowest BCUT2D eigenvalue weighted by Crippen LogP contribution is -2.58. The lowest BCUT2D eigenvalue weighted by Gasteiger charge is -2.33. The van der Waals surface area contributed by atoms with Gasteiger partial charge in [0.25, 0.3) is 11.1 Å². The average molecular weight is 496 g/mol. The van der Waals surface area contributed by atoms with Gasteiger partial charge in [0.1, 0.15) is 0 Å². The molecular formula is C17H29IN4O3S. The maximum Gasteiger partial charge on any atom is 0.286 e. The number of Topliss-reactive ketones (excluding diaryl/α,β-unsaturated/α-hetero) is 1. The number of carbonyl (C=O) groups excluding carboxylic acids is 2. The Labute approximate surface area is 173 Å². The van der Waals surface area contributed by atoms with Crippen LogP contribution in [-0.4, -0.2) is 44.7 Å². The van der Waals surface area contributed by atoms with E-state index in [-0.39, 0.29) is 23.5 Å². The predicted octanol–water partition coefficient (Wildman–Crippen LogP) is 3.22. The summed E-state index contributed by atoms with van der Waals surface area (Å²) in [6.45, 7) is 3.98. The minimum atomic E-state index is -0.882. The van der Waals surface area contributed by atoms with Crippen molar-refractivity contribution in [2.24, 2.45) is 11.7 Å². The highest BCUT2D eigenvalue weighted by Crippen LogP contribution is 2.26. The van der Waals surface area contributed by atoms with E-state index in [0.717, 1.165) is 19.3 Å². The Morgan fingerprint density at radius 1 is 1.27 bits per heavy atom. The monoisotopic (exact) mass is 496 g/mol. The van der Waals surface area contributed by atoms with Crippen LogP contribution >= 0.6 is 34.4 Å². The van der Waals surface area contributed by atoms with Gasteiger partial charge in [-0.05, 0) is 36.4 Å². The van der Waals surface area contributed by atoms with E-state index in [0.29, 0.717) is 24.5 Å². The molecule has 0 bridgehead atoms. The number of ketones is 1. The summed E-state index contributed by atoms with van der Waals surface area (Å²) in [6.07, 6.45) is 6.56. The van der Waals surface area contributed by atoms with Crippen LogP contribution in [0, 0.1) is 5.92 Å². The van der Waals surface area contributed by atoms with E-state index in [2.05, 4.69) is 38.1 Å². The molecule has 1 fully saturated rings. The molecule has 0 radical (unpaired) electrons. The molecule has 9 heteroatoms. The van der Waals surface area contributed by atoms with Crippen LogP contribution in [0.15, 0.2) is 9.64 Å². The van der Waals surface area contributed by atoms with Gasteiger partial charge in [-0.1, -0.05) is 67.5 Å². The smallest absolute Gasteiger partial charge is 0.286 e. The topological polar surface area (TPSA) is 111 Å². The molecule has 7 nitrogen and oxygen atoms in total. The van der Waals surface area contributed by atoms with Crippen LogP contribution in [0.5, 0.6) is 0 Å². The van der Waals surface area contributed by atoms with Crippen molar-refractivity contribution in [3.63, 3.8) is 0 Å². The van der Waals surface area contributed by atoms with Gasteiger partial charge >= 0.3 is 0 Å². The molecule has 1 aromatic heterocycles. The summed E-state index contributed by atoms with van der Waals surface area (Å²) in [7, 11) is 0. The second kappa shape index (κ2) is 11.2. The number of alkyl halides is 1. The maximum atomic E-state index is 12.7. The summed E-state index contributed by atoms with van der Waals surface area (Å²) in [6, 6.07) is -0.699. The molecule has 0 aromatic carbocycles. The lowest BCUT2D eigenvalue weighted by molar-refractivity contribution is -0.128. The molecule has 1 aliphatic carbocycles. The molecule has 0 unspecified atom stereocenters. The molecule has 0 aliphatic heterocycles. The number of hydrogen-bond acceptors (Lipinski definition) is 7. The van der Waals surface area contributed by atoms with Gasteiger partial charge in [0.05, 0.1) is 11.6 Å². The minimum Gasteiger partial charge on any atom is -0.408 e. The standard InChI is InChI=1S/C16H26N4O3S.CH3I/c1-10(2)9-11(12(21)13-19-20-15(23-13)24-3)18-14(22)16(17)7-5-4-6-8-16;1-2/h10-11H,4-9,17H2,1-3H3,(H,18,22);1H3/t11-;/m0./s1. The molecule has 3 N–H and O–H groups in total. The molecule has 0 saturated heterocycles. The minimum absolute atomic E-state index is 0.0694. The third-order valence-corrected chi connectivity index (χ3v) is 4.83. The van der Waals surface area contributed by atoms with Crippen molar-refractivity contribution in [1.29, 1.82) is 0 Å². The number of carbonyl (C=O) groups is 2. The molecule has 1 aliphatic rings. The second-order valence-electron chi connectivity index (χ2n) is 6.81. The number of thioether (sulfide) groups is 1. The number of nitrogens with one attached hydrogen (secondary N) is 1. The van der Waals surface area contributed by atoms with E-state index >= 15 is 0 Å². The van der Waals surface area contributed by atoms with Crippen LogP contribution in [-0.2, 0) is 4.79 Å². The van der Waals surface area contributed by atoms with E-state index in [1.165, 1.54) is 11.8 Å². The zero-order chi connectivity index (χ0) is 19.7. The summed E-state index contributed by atoms with van der Waals surface area (Å²) in [5, 5.41) is 10.7. The van der Waals surface area contributed by atoms with Gasteiger partial charge in [0.15, 0.2) is 0 Å². The first-order valence-electron chi connectivity index (χ1n) is 8.75. The van der Waals surface area contributed by atoms with E-state index in [1.807, 2.05) is 18.8 Å². The molecule has 1 atom stereocenters. The third kappa shape index (κ3) is 6.49. The van der Waals surface area contributed by atoms with Crippen LogP contribution in [0.25, 0.3) is 0 Å². The predicted molar refractivity (Wildman–Crippen MR) is 112 cm³/mol. The number of nitrogens with two attached hydrogens (primary N) is 1. The first-order chi connectivity index (χ1) is 12.4. The fraction of sp³-hybridized carbons (Fsp3) is 0.765. The van der Waals surface area contributed by atoms with E-state index in [4.69, 9.17) is 10.2 Å². The largest absolute Gasteiger partial charge is 0.408 e. The Morgan fingerprint density at radius 2 is 1.88 bits per heavy atom. The Morgan fingerprint density at radius 3 is 2.38 bits per heavy atom. The molecule has 1 amide bonds. The van der Waals surface area contributed by atoms with Crippen molar-refractivity contribution in [2.45, 2.75) is 69.2 Å². The van der Waals surface area contributed by atoms with Crippen molar-refractivity contribution in [3.8, 4) is 0 Å². The van der Waals surface area contributed by atoms with Crippen LogP contribution in [0.2, 0.25) is 0 Å². The van der Waals surface area contributed by atoms with E-state index < -0.39 is 11.6 Å². The molecule has 1 heterocycles. The van der Waals surface area contributed by atoms with Gasteiger partial charge in [-0.25, -0.2) is 0 Å². The Balaban J connectivity index is 0.00000163. The van der Waals surface area contributed by atoms with Crippen molar-refractivity contribution in [3.05, 3.63) is 5.89 Å². The Kier molecular flexibility index (Phi) is 10.1. The first kappa shape index (κ1) is 23.4. The quantitative estimate of drug-likeness (QED) is 0.258. The lowest BCUT2D eigenvalue weighted by atomic mass is 9.81. The molecular weight excluding hydrogens is 467 g/mol. The highest BCUT2D eigenvalue weighted by atomic mass is 127. The summed E-state index contributed by atoms with van der Waals surface area (Å²) in [5.74, 6) is -0.461. The summed E-state index contributed by atoms with van der Waals surface area (Å²) in [4.78, 5) is 27.3. The molecule has 1 aromatic rings. The zero-order valence-electron chi connectivity index (χ0n) is 15.9. The van der Waals surface area contributed by atoms with Gasteiger partial charge in [-0.3, -0.25) is 9.59 Å². The van der Waals surface area contributed by atoms with Crippen molar-refractivity contribution >= 4 is 46.0 Å². The van der Waals surface area contributed by atoms with Crippen LogP contribution in [0.3, 0.4) is 0 Å². The maximum absolute atomic E-state index is 12.7. The summed E-state index contributed by atoms with van der Waals surface area (Å²) in [5.41, 5.74) is 5.39. The number of nitrogens with zero attached hydrogens (tertiary/aromatic N) is 2. The van der Waals surface area contributed by atoms with Gasteiger partial charge in [0.2, 0.25) is 11.7 Å². The number of hydrogen-bond donors (Lipinski definition) is 2. The molecule has 0 spiro atoms. The normalized spacial score (nSPS) is 17.2.